The lowest BCUT2D eigenvalue weighted by Gasteiger charge is -2.42. The normalized spacial score (nSPS) is 17.5. The van der Waals surface area contributed by atoms with Crippen LogP contribution in [0.25, 0.3) is 44.5 Å². The number of carbonyl (C=O) groups excluding carboxylic acids is 4. The van der Waals surface area contributed by atoms with E-state index in [2.05, 4.69) is 0 Å². The molecule has 5 atom stereocenters. The number of carboxylic acid groups (broad SMARTS) is 1. The third-order valence-electron chi connectivity index (χ3n) is 13.9. The summed E-state index contributed by atoms with van der Waals surface area (Å²) in [6, 6.07) is 6.95. The molecule has 8 aromatic rings. The van der Waals surface area contributed by atoms with E-state index in [1.165, 1.54) is 0 Å². The van der Waals surface area contributed by atoms with Crippen LogP contribution in [-0.4, -0.2) is 164 Å². The zero-order valence-corrected chi connectivity index (χ0v) is 43.2. The highest BCUT2D eigenvalue weighted by Crippen LogP contribution is 2.62. The SMILES string of the molecule is O=C(OC1C(O)OC2COC(=O)c3cc(Oc4c(-c5cc(O)c(O)c(O)c5)[o+]c5cc(O)cc6c5c4-c4c(C(=O)O)cc(O)c(O)c4O6)c(O)c(O)c3-c3c(cc(O)c(O)c3O)C(=O)OC2C1OC(=O)c1cc(O)c(O)c(O)c1)c1cc(O)c(O)c(O)c1. The fourth-order valence-corrected chi connectivity index (χ4v) is 9.86. The van der Waals surface area contributed by atoms with Crippen molar-refractivity contribution in [3.05, 3.63) is 94.5 Å². The van der Waals surface area contributed by atoms with Gasteiger partial charge in [-0.2, -0.15) is 0 Å². The summed E-state index contributed by atoms with van der Waals surface area (Å²) in [5.74, 6) is -33.2. The van der Waals surface area contributed by atoms with Gasteiger partial charge in [0.2, 0.25) is 23.0 Å². The summed E-state index contributed by atoms with van der Waals surface area (Å²) in [7, 11) is 0. The number of ether oxygens (including phenoxy) is 7. The maximum absolute atomic E-state index is 14.9. The van der Waals surface area contributed by atoms with Crippen LogP contribution in [0.15, 0.2) is 71.1 Å². The molecular weight excluding hydrogens is 1180 g/mol. The summed E-state index contributed by atoms with van der Waals surface area (Å²) in [6.07, 6.45) is -12.2. The Bertz CT molecular complexity index is 4370. The summed E-state index contributed by atoms with van der Waals surface area (Å²) in [4.78, 5) is 70.4. The van der Waals surface area contributed by atoms with Gasteiger partial charge in [0.15, 0.2) is 111 Å². The number of phenolic OH excluding ortho intramolecular Hbond substituents is 17. The lowest BCUT2D eigenvalue weighted by Crippen LogP contribution is -2.62. The Balaban J connectivity index is 1.10. The van der Waals surface area contributed by atoms with E-state index in [1.807, 2.05) is 0 Å². The second-order valence-electron chi connectivity index (χ2n) is 19.3. The van der Waals surface area contributed by atoms with E-state index in [1.54, 1.807) is 0 Å². The van der Waals surface area contributed by atoms with Gasteiger partial charge in [0.1, 0.15) is 29.6 Å². The molecule has 3 aliphatic rings. The maximum Gasteiger partial charge on any atom is 0.403 e. The average molecular weight is 1220 g/mol. The molecule has 0 amide bonds. The first-order chi connectivity index (χ1) is 41.5. The lowest BCUT2D eigenvalue weighted by atomic mass is 9.90. The molecule has 0 aliphatic carbocycles. The van der Waals surface area contributed by atoms with E-state index in [9.17, 15) is 121 Å². The van der Waals surface area contributed by atoms with Gasteiger partial charge in [-0.15, -0.1) is 0 Å². The third kappa shape index (κ3) is 9.21. The molecule has 32 nitrogen and oxygen atoms in total. The van der Waals surface area contributed by atoms with Gasteiger partial charge in [-0.25, -0.2) is 28.4 Å². The molecule has 0 bridgehead atoms. The fourth-order valence-electron chi connectivity index (χ4n) is 9.86. The smallest absolute Gasteiger partial charge is 0.403 e. The number of fused-ring (bicyclic) bond motifs is 6. The molecule has 0 spiro atoms. The summed E-state index contributed by atoms with van der Waals surface area (Å²) in [5, 5.41) is 205. The van der Waals surface area contributed by atoms with Crippen LogP contribution in [0.1, 0.15) is 51.8 Å². The van der Waals surface area contributed by atoms with Crippen LogP contribution in [0.3, 0.4) is 0 Å². The van der Waals surface area contributed by atoms with Crippen LogP contribution in [0, 0.1) is 0 Å². The number of cyclic esters (lactones) is 1. The standard InChI is InChI=1S/C56H36O32/c57-16-7-28-35-29(8-16)83-47-34(17(51(74)75)9-27(65)41(47)70)36(35)48(45(82-28)13-1-20(58)37(66)21(59)2-13)84-30-11-19-33(44(73)42(30)71)32-18(10-26(64)40(69)43(32)72)55(79)86-46-31(12-81-54(19)78)85-56(80)50(88-53(77)15-5-24(62)39(68)25(63)6-15)49(46)87-52(76)14-3-22(60)38(67)23(61)4-14/h1-11,31,46,49-50,56,80H,12H2,(H17-,57,58,59,60,61,62,63,64,65,66,67,68,69,70,71,72,73,74,75,76,77,78,79)/p+1. The van der Waals surface area contributed by atoms with Crippen LogP contribution in [0.2, 0.25) is 0 Å². The van der Waals surface area contributed by atoms with Crippen molar-refractivity contribution in [2.45, 2.75) is 30.7 Å². The van der Waals surface area contributed by atoms with Gasteiger partial charge in [-0.05, 0) is 36.4 Å². The minimum atomic E-state index is -2.61. The van der Waals surface area contributed by atoms with Crippen molar-refractivity contribution in [1.82, 2.24) is 0 Å². The Morgan fingerprint density at radius 2 is 1.03 bits per heavy atom. The number of benzene rings is 7. The van der Waals surface area contributed by atoms with Gasteiger partial charge in [0.05, 0.1) is 45.0 Å². The highest BCUT2D eigenvalue weighted by molar-refractivity contribution is 6.13. The number of hydrogen-bond donors (Lipinski definition) is 19. The first kappa shape index (κ1) is 57.2. The molecule has 19 N–H and O–H groups in total. The number of phenols is 17. The van der Waals surface area contributed by atoms with Gasteiger partial charge in [-0.3, -0.25) is 0 Å². The first-order valence-electron chi connectivity index (χ1n) is 24.7. The highest BCUT2D eigenvalue weighted by Gasteiger charge is 2.54. The zero-order chi connectivity index (χ0) is 63.5. The molecule has 88 heavy (non-hydrogen) atoms. The lowest BCUT2D eigenvalue weighted by molar-refractivity contribution is -0.284. The van der Waals surface area contributed by atoms with Gasteiger partial charge < -0.3 is 130 Å². The molecule has 7 aromatic carbocycles. The zero-order valence-electron chi connectivity index (χ0n) is 43.2. The van der Waals surface area contributed by atoms with Crippen LogP contribution in [0.5, 0.6) is 121 Å². The number of esters is 4. The van der Waals surface area contributed by atoms with Crippen molar-refractivity contribution >= 4 is 40.8 Å². The van der Waals surface area contributed by atoms with Crippen LogP contribution in [0.4, 0.5) is 0 Å². The molecule has 3 aliphatic heterocycles. The van der Waals surface area contributed by atoms with E-state index in [0.29, 0.717) is 42.5 Å². The number of aromatic carboxylic acids is 1. The van der Waals surface area contributed by atoms with Crippen LogP contribution in [-0.2, 0) is 23.7 Å². The molecule has 1 aromatic heterocycles. The molecule has 32 heteroatoms. The second kappa shape index (κ2) is 20.6. The van der Waals surface area contributed by atoms with E-state index < -0.39 is 255 Å². The van der Waals surface area contributed by atoms with E-state index in [-0.39, 0.29) is 5.39 Å². The predicted molar refractivity (Wildman–Crippen MR) is 280 cm³/mol. The van der Waals surface area contributed by atoms with E-state index in [4.69, 9.17) is 37.6 Å². The molecule has 4 heterocycles. The van der Waals surface area contributed by atoms with Gasteiger partial charge >= 0.3 is 41.2 Å². The number of hydrogen-bond acceptors (Lipinski definition) is 30. The Kier molecular flexibility index (Phi) is 13.4. The van der Waals surface area contributed by atoms with Crippen molar-refractivity contribution in [3.8, 4) is 154 Å². The number of aromatic hydroxyl groups is 17. The van der Waals surface area contributed by atoms with Crippen LogP contribution >= 0.6 is 0 Å². The minimum absolute atomic E-state index is 0.349. The van der Waals surface area contributed by atoms with Gasteiger partial charge in [0, 0.05) is 41.0 Å². The number of carbonyl (C=O) groups is 5. The quantitative estimate of drug-likeness (QED) is 0.0404. The third-order valence-corrected chi connectivity index (χ3v) is 13.9. The minimum Gasteiger partial charge on any atom is -0.507 e. The predicted octanol–water partition coefficient (Wildman–Crippen LogP) is 5.17. The summed E-state index contributed by atoms with van der Waals surface area (Å²) in [6.45, 7) is -1.33. The Morgan fingerprint density at radius 1 is 0.523 bits per heavy atom. The van der Waals surface area contributed by atoms with Gasteiger partial charge in [-0.1, -0.05) is 0 Å². The molecule has 1 saturated heterocycles. The molecule has 0 saturated carbocycles. The Hall–Kier alpha value is -12.6. The van der Waals surface area contributed by atoms with Crippen LogP contribution < -0.4 is 9.47 Å². The van der Waals surface area contributed by atoms with Crippen molar-refractivity contribution in [2.24, 2.45) is 0 Å². The van der Waals surface area contributed by atoms with Crippen molar-refractivity contribution in [1.29, 1.82) is 0 Å². The molecule has 452 valence electrons. The average Bonchev–Trinajstić information content (AvgIpc) is 0.875. The monoisotopic (exact) mass is 1220 g/mol. The van der Waals surface area contributed by atoms with E-state index in [0.717, 1.165) is 24.3 Å². The molecule has 1 fully saturated rings. The van der Waals surface area contributed by atoms with Gasteiger partial charge in [0.25, 0.3) is 0 Å². The van der Waals surface area contributed by atoms with E-state index >= 15 is 0 Å². The number of aliphatic hydroxyl groups excluding tert-OH is 1. The van der Waals surface area contributed by atoms with Crippen molar-refractivity contribution in [3.63, 3.8) is 0 Å². The number of aliphatic hydroxyl groups is 1. The molecule has 11 rings (SSSR count). The number of rotatable bonds is 8. The Labute approximate surface area is 484 Å². The first-order valence-corrected chi connectivity index (χ1v) is 24.7. The topological polar surface area (TPSA) is 546 Å². The summed E-state index contributed by atoms with van der Waals surface area (Å²) >= 11 is 0. The number of carboxylic acids is 1. The summed E-state index contributed by atoms with van der Waals surface area (Å²) in [5.41, 5.74) is -9.47. The summed E-state index contributed by atoms with van der Waals surface area (Å²) < 4.78 is 46.2. The van der Waals surface area contributed by atoms with Crippen molar-refractivity contribution in [2.75, 3.05) is 6.61 Å². The van der Waals surface area contributed by atoms with Crippen molar-refractivity contribution < 1.29 is 159 Å². The maximum atomic E-state index is 14.9. The second-order valence-corrected chi connectivity index (χ2v) is 19.3. The Morgan fingerprint density at radius 3 is 1.60 bits per heavy atom. The molecule has 5 unspecified atom stereocenters. The highest BCUT2D eigenvalue weighted by atomic mass is 16.7. The molecular formula is C56H37O32+. The fraction of sp³-hybridized carbons (Fsp3) is 0.107. The molecule has 0 radical (unpaired) electrons. The largest absolute Gasteiger partial charge is 0.507 e.